The Morgan fingerprint density at radius 2 is 1.84 bits per heavy atom. The number of hydrogen-bond donors (Lipinski definition) is 1. The number of amides is 1. The highest BCUT2D eigenvalue weighted by Gasteiger charge is 2.44. The Kier molecular flexibility index (Phi) is 5.37. The molecule has 0 aromatic heterocycles. The van der Waals surface area contributed by atoms with Crippen LogP contribution in [0.15, 0.2) is 30.3 Å². The van der Waals surface area contributed by atoms with Gasteiger partial charge in [0.1, 0.15) is 0 Å². The van der Waals surface area contributed by atoms with Crippen molar-refractivity contribution in [2.75, 3.05) is 19.7 Å². The molecule has 1 amide bonds. The molecule has 0 radical (unpaired) electrons. The van der Waals surface area contributed by atoms with E-state index >= 15 is 0 Å². The van der Waals surface area contributed by atoms with Crippen molar-refractivity contribution in [1.82, 2.24) is 10.2 Å². The highest BCUT2D eigenvalue weighted by Crippen LogP contribution is 2.39. The normalized spacial score (nSPS) is 28.6. The molecule has 3 aliphatic rings. The van der Waals surface area contributed by atoms with Gasteiger partial charge in [0.2, 0.25) is 0 Å². The zero-order valence-electron chi connectivity index (χ0n) is 15.0. The van der Waals surface area contributed by atoms with Crippen LogP contribution >= 0.6 is 0 Å². The summed E-state index contributed by atoms with van der Waals surface area (Å²) in [7, 11) is 0. The summed E-state index contributed by atoms with van der Waals surface area (Å²) in [5.74, 6) is 0.723. The van der Waals surface area contributed by atoms with Gasteiger partial charge in [0, 0.05) is 19.1 Å². The summed E-state index contributed by atoms with van der Waals surface area (Å²) in [6.45, 7) is 2.39. The number of hydrogen-bond acceptors (Lipinski definition) is 3. The van der Waals surface area contributed by atoms with Gasteiger partial charge in [0.15, 0.2) is 6.10 Å². The van der Waals surface area contributed by atoms with Gasteiger partial charge in [-0.3, -0.25) is 9.69 Å². The molecule has 1 N–H and O–H groups in total. The third-order valence-electron chi connectivity index (χ3n) is 6.00. The third-order valence-corrected chi connectivity index (χ3v) is 6.00. The molecule has 136 valence electrons. The molecule has 0 bridgehead atoms. The van der Waals surface area contributed by atoms with Crippen LogP contribution in [0, 0.1) is 5.92 Å². The van der Waals surface area contributed by atoms with Crippen LogP contribution in [-0.2, 0) is 9.53 Å². The molecule has 2 aliphatic carbocycles. The van der Waals surface area contributed by atoms with Crippen LogP contribution in [0.5, 0.6) is 0 Å². The van der Waals surface area contributed by atoms with E-state index in [9.17, 15) is 4.79 Å². The van der Waals surface area contributed by atoms with Gasteiger partial charge >= 0.3 is 0 Å². The fourth-order valence-electron chi connectivity index (χ4n) is 4.48. The number of carbonyl (C=O) groups excluding carboxylic acids is 1. The Morgan fingerprint density at radius 3 is 2.56 bits per heavy atom. The van der Waals surface area contributed by atoms with E-state index < -0.39 is 0 Å². The number of rotatable bonds is 5. The standard InChI is InChI=1S/C21H30N2O2/c24-21(22-15-16-7-3-1-4-8-16)20-19(17-9-5-2-6-10-17)23(13-14-25-20)18-11-12-18/h2,5-6,9-10,16,18-20H,1,3-4,7-8,11-15H2,(H,22,24)/t19-,20+/m0/s1. The Bertz CT molecular complexity index is 567. The van der Waals surface area contributed by atoms with Crippen molar-refractivity contribution < 1.29 is 9.53 Å². The molecule has 1 aromatic carbocycles. The number of nitrogens with zero attached hydrogens (tertiary/aromatic N) is 1. The zero-order chi connectivity index (χ0) is 17.1. The van der Waals surface area contributed by atoms with E-state index in [2.05, 4.69) is 34.5 Å². The second-order valence-corrected chi connectivity index (χ2v) is 7.87. The van der Waals surface area contributed by atoms with Crippen LogP contribution in [0.3, 0.4) is 0 Å². The maximum atomic E-state index is 13.0. The first-order valence-electron chi connectivity index (χ1n) is 10.0. The van der Waals surface area contributed by atoms with E-state index in [1.165, 1.54) is 50.5 Å². The van der Waals surface area contributed by atoms with Crippen LogP contribution in [0.25, 0.3) is 0 Å². The van der Waals surface area contributed by atoms with Gasteiger partial charge in [0.25, 0.3) is 5.91 Å². The molecule has 1 aromatic rings. The maximum Gasteiger partial charge on any atom is 0.251 e. The minimum atomic E-state index is -0.389. The Balaban J connectivity index is 1.46. The summed E-state index contributed by atoms with van der Waals surface area (Å²) in [5.41, 5.74) is 1.20. The highest BCUT2D eigenvalue weighted by molar-refractivity contribution is 5.82. The van der Waals surface area contributed by atoms with E-state index in [-0.39, 0.29) is 18.1 Å². The smallest absolute Gasteiger partial charge is 0.251 e. The quantitative estimate of drug-likeness (QED) is 0.893. The molecule has 0 spiro atoms. The Labute approximate surface area is 150 Å². The lowest BCUT2D eigenvalue weighted by Gasteiger charge is -2.41. The lowest BCUT2D eigenvalue weighted by molar-refractivity contribution is -0.146. The molecule has 1 saturated heterocycles. The van der Waals surface area contributed by atoms with Gasteiger partial charge in [-0.15, -0.1) is 0 Å². The molecule has 2 saturated carbocycles. The average Bonchev–Trinajstić information content (AvgIpc) is 3.52. The van der Waals surface area contributed by atoms with Crippen molar-refractivity contribution in [3.8, 4) is 0 Å². The van der Waals surface area contributed by atoms with Crippen LogP contribution in [0.4, 0.5) is 0 Å². The van der Waals surface area contributed by atoms with E-state index in [4.69, 9.17) is 4.74 Å². The van der Waals surface area contributed by atoms with Crippen molar-refractivity contribution in [2.45, 2.75) is 63.1 Å². The topological polar surface area (TPSA) is 41.6 Å². The lowest BCUT2D eigenvalue weighted by Crippen LogP contribution is -2.53. The van der Waals surface area contributed by atoms with Crippen molar-refractivity contribution in [2.24, 2.45) is 5.92 Å². The molecule has 1 aliphatic heterocycles. The van der Waals surface area contributed by atoms with E-state index in [0.717, 1.165) is 13.1 Å². The summed E-state index contributed by atoms with van der Waals surface area (Å²) in [6, 6.07) is 11.1. The van der Waals surface area contributed by atoms with E-state index in [1.807, 2.05) is 6.07 Å². The Morgan fingerprint density at radius 1 is 1.08 bits per heavy atom. The first-order valence-corrected chi connectivity index (χ1v) is 10.0. The van der Waals surface area contributed by atoms with Crippen molar-refractivity contribution in [3.63, 3.8) is 0 Å². The number of ether oxygens (including phenoxy) is 1. The lowest BCUT2D eigenvalue weighted by atomic mass is 9.89. The number of benzene rings is 1. The summed E-state index contributed by atoms with van der Waals surface area (Å²) in [6.07, 6.45) is 8.58. The molecule has 3 fully saturated rings. The van der Waals surface area contributed by atoms with Crippen LogP contribution in [-0.4, -0.2) is 42.6 Å². The van der Waals surface area contributed by atoms with Crippen molar-refractivity contribution >= 4 is 5.91 Å². The minimum absolute atomic E-state index is 0.0498. The van der Waals surface area contributed by atoms with Gasteiger partial charge < -0.3 is 10.1 Å². The zero-order valence-corrected chi connectivity index (χ0v) is 15.0. The highest BCUT2D eigenvalue weighted by atomic mass is 16.5. The predicted octanol–water partition coefficient (Wildman–Crippen LogP) is 3.29. The fraction of sp³-hybridized carbons (Fsp3) is 0.667. The molecule has 4 heteroatoms. The van der Waals surface area contributed by atoms with Crippen LogP contribution < -0.4 is 5.32 Å². The summed E-state index contributed by atoms with van der Waals surface area (Å²) in [5, 5.41) is 3.21. The monoisotopic (exact) mass is 342 g/mol. The van der Waals surface area contributed by atoms with Crippen LogP contribution in [0.1, 0.15) is 56.6 Å². The molecular weight excluding hydrogens is 312 g/mol. The first kappa shape index (κ1) is 17.0. The van der Waals surface area contributed by atoms with Crippen molar-refractivity contribution in [1.29, 1.82) is 0 Å². The summed E-state index contributed by atoms with van der Waals surface area (Å²) < 4.78 is 6.00. The SMILES string of the molecule is O=C(NCC1CCCCC1)[C@@H]1OCCN(C2CC2)[C@H]1c1ccccc1. The minimum Gasteiger partial charge on any atom is -0.365 e. The first-order chi connectivity index (χ1) is 12.3. The number of carbonyl (C=O) groups is 1. The van der Waals surface area contributed by atoms with E-state index in [1.54, 1.807) is 0 Å². The summed E-state index contributed by atoms with van der Waals surface area (Å²) >= 11 is 0. The molecule has 0 unspecified atom stereocenters. The third kappa shape index (κ3) is 4.06. The molecule has 4 nitrogen and oxygen atoms in total. The number of morpholine rings is 1. The second-order valence-electron chi connectivity index (χ2n) is 7.87. The van der Waals surface area contributed by atoms with E-state index in [0.29, 0.717) is 18.6 Å². The second kappa shape index (κ2) is 7.88. The molecule has 2 atom stereocenters. The molecule has 1 heterocycles. The van der Waals surface area contributed by atoms with Gasteiger partial charge in [-0.1, -0.05) is 49.6 Å². The number of nitrogens with one attached hydrogen (secondary N) is 1. The largest absolute Gasteiger partial charge is 0.365 e. The molecule has 25 heavy (non-hydrogen) atoms. The van der Waals surface area contributed by atoms with Gasteiger partial charge in [-0.05, 0) is 37.2 Å². The molecular formula is C21H30N2O2. The fourth-order valence-corrected chi connectivity index (χ4v) is 4.48. The summed E-state index contributed by atoms with van der Waals surface area (Å²) in [4.78, 5) is 15.5. The predicted molar refractivity (Wildman–Crippen MR) is 98.2 cm³/mol. The maximum absolute atomic E-state index is 13.0. The Hall–Kier alpha value is -1.39. The van der Waals surface area contributed by atoms with Gasteiger partial charge in [-0.2, -0.15) is 0 Å². The van der Waals surface area contributed by atoms with Crippen molar-refractivity contribution in [3.05, 3.63) is 35.9 Å². The molecule has 4 rings (SSSR count). The average molecular weight is 342 g/mol. The van der Waals surface area contributed by atoms with Crippen LogP contribution in [0.2, 0.25) is 0 Å². The van der Waals surface area contributed by atoms with Gasteiger partial charge in [-0.25, -0.2) is 0 Å². The van der Waals surface area contributed by atoms with Gasteiger partial charge in [0.05, 0.1) is 12.6 Å².